The first-order chi connectivity index (χ1) is 12.0. The molecule has 4 heteroatoms. The molecule has 1 aromatic heterocycles. The van der Waals surface area contributed by atoms with Crippen LogP contribution in [0, 0.1) is 6.92 Å². The Morgan fingerprint density at radius 3 is 2.48 bits per heavy atom. The zero-order valence-electron chi connectivity index (χ0n) is 15.8. The van der Waals surface area contributed by atoms with Crippen molar-refractivity contribution in [1.82, 2.24) is 15.6 Å². The van der Waals surface area contributed by atoms with Crippen molar-refractivity contribution in [1.29, 1.82) is 0 Å². The Morgan fingerprint density at radius 2 is 1.84 bits per heavy atom. The second-order valence-corrected chi connectivity index (χ2v) is 6.94. The molecule has 0 bridgehead atoms. The molecule has 4 nitrogen and oxygen atoms in total. The normalized spacial score (nSPS) is 12.1. The summed E-state index contributed by atoms with van der Waals surface area (Å²) in [4.78, 5) is 9.14. The molecule has 134 valence electrons. The van der Waals surface area contributed by atoms with Crippen molar-refractivity contribution in [3.63, 3.8) is 0 Å². The molecule has 0 aliphatic rings. The summed E-state index contributed by atoms with van der Waals surface area (Å²) in [5.74, 6) is 0.860. The SMILES string of the molecule is CCNC(=NCC(C)(C)c1ccc(C)cc1)NCCc1ccccn1. The van der Waals surface area contributed by atoms with Gasteiger partial charge < -0.3 is 10.6 Å². The maximum Gasteiger partial charge on any atom is 0.191 e. The lowest BCUT2D eigenvalue weighted by atomic mass is 9.84. The van der Waals surface area contributed by atoms with E-state index in [4.69, 9.17) is 4.99 Å². The van der Waals surface area contributed by atoms with E-state index in [0.29, 0.717) is 0 Å². The van der Waals surface area contributed by atoms with Gasteiger partial charge in [-0.05, 0) is 31.5 Å². The molecule has 0 amide bonds. The molecule has 2 aromatic rings. The zero-order chi connectivity index (χ0) is 18.1. The standard InChI is InChI=1S/C21H30N4/c1-5-22-20(24-15-13-19-8-6-7-14-23-19)25-16-21(3,4)18-11-9-17(2)10-12-18/h6-12,14H,5,13,15-16H2,1-4H3,(H2,22,24,25). The fourth-order valence-electron chi connectivity index (χ4n) is 2.57. The van der Waals surface area contributed by atoms with Gasteiger partial charge in [0.25, 0.3) is 0 Å². The summed E-state index contributed by atoms with van der Waals surface area (Å²) in [7, 11) is 0. The summed E-state index contributed by atoms with van der Waals surface area (Å²) >= 11 is 0. The number of aromatic nitrogens is 1. The Balaban J connectivity index is 1.94. The van der Waals surface area contributed by atoms with Gasteiger partial charge in [0.15, 0.2) is 5.96 Å². The molecule has 0 radical (unpaired) electrons. The van der Waals surface area contributed by atoms with Gasteiger partial charge in [0, 0.05) is 36.8 Å². The molecule has 25 heavy (non-hydrogen) atoms. The second kappa shape index (κ2) is 9.21. The van der Waals surface area contributed by atoms with Crippen LogP contribution in [0.1, 0.15) is 37.6 Å². The van der Waals surface area contributed by atoms with Crippen LogP contribution in [0.4, 0.5) is 0 Å². The van der Waals surface area contributed by atoms with Crippen molar-refractivity contribution in [2.75, 3.05) is 19.6 Å². The topological polar surface area (TPSA) is 49.3 Å². The van der Waals surface area contributed by atoms with Gasteiger partial charge in [0.05, 0.1) is 6.54 Å². The zero-order valence-corrected chi connectivity index (χ0v) is 15.8. The molecule has 0 aliphatic carbocycles. The van der Waals surface area contributed by atoms with Crippen molar-refractivity contribution in [3.8, 4) is 0 Å². The van der Waals surface area contributed by atoms with Crippen molar-refractivity contribution < 1.29 is 0 Å². The van der Waals surface area contributed by atoms with E-state index in [1.165, 1.54) is 11.1 Å². The molecule has 2 rings (SSSR count). The van der Waals surface area contributed by atoms with Crippen LogP contribution in [0.15, 0.2) is 53.7 Å². The number of benzene rings is 1. The first-order valence-corrected chi connectivity index (χ1v) is 9.00. The summed E-state index contributed by atoms with van der Waals surface area (Å²) in [6, 6.07) is 14.7. The molecule has 0 saturated heterocycles. The highest BCUT2D eigenvalue weighted by atomic mass is 15.2. The predicted molar refractivity (Wildman–Crippen MR) is 106 cm³/mol. The molecule has 1 aromatic carbocycles. The van der Waals surface area contributed by atoms with Crippen molar-refractivity contribution in [2.45, 2.75) is 39.5 Å². The monoisotopic (exact) mass is 338 g/mol. The maximum absolute atomic E-state index is 4.79. The molecular formula is C21H30N4. The maximum atomic E-state index is 4.79. The lowest BCUT2D eigenvalue weighted by Crippen LogP contribution is -2.39. The van der Waals surface area contributed by atoms with E-state index in [9.17, 15) is 0 Å². The molecule has 1 heterocycles. The average molecular weight is 338 g/mol. The Bertz CT molecular complexity index is 660. The number of aryl methyl sites for hydroxylation is 1. The number of hydrogen-bond donors (Lipinski definition) is 2. The number of pyridine rings is 1. The first kappa shape index (κ1) is 19.0. The predicted octanol–water partition coefficient (Wildman–Crippen LogP) is 3.47. The van der Waals surface area contributed by atoms with Crippen LogP contribution in [0.5, 0.6) is 0 Å². The largest absolute Gasteiger partial charge is 0.357 e. The summed E-state index contributed by atoms with van der Waals surface area (Å²) in [5, 5.41) is 6.72. The minimum Gasteiger partial charge on any atom is -0.357 e. The van der Waals surface area contributed by atoms with E-state index >= 15 is 0 Å². The Hall–Kier alpha value is -2.36. The first-order valence-electron chi connectivity index (χ1n) is 9.00. The van der Waals surface area contributed by atoms with Crippen LogP contribution in [0.25, 0.3) is 0 Å². The van der Waals surface area contributed by atoms with E-state index in [0.717, 1.165) is 37.7 Å². The lowest BCUT2D eigenvalue weighted by molar-refractivity contribution is 0.537. The van der Waals surface area contributed by atoms with E-state index in [1.807, 2.05) is 24.4 Å². The van der Waals surface area contributed by atoms with Gasteiger partial charge in [0.1, 0.15) is 0 Å². The van der Waals surface area contributed by atoms with Gasteiger partial charge in [0.2, 0.25) is 0 Å². The fraction of sp³-hybridized carbons (Fsp3) is 0.429. The van der Waals surface area contributed by atoms with E-state index < -0.39 is 0 Å². The quantitative estimate of drug-likeness (QED) is 0.600. The smallest absolute Gasteiger partial charge is 0.191 e. The summed E-state index contributed by atoms with van der Waals surface area (Å²) in [6.45, 7) is 11.1. The van der Waals surface area contributed by atoms with Crippen molar-refractivity contribution in [2.24, 2.45) is 4.99 Å². The van der Waals surface area contributed by atoms with Crippen molar-refractivity contribution >= 4 is 5.96 Å². The number of hydrogen-bond acceptors (Lipinski definition) is 2. The molecule has 0 atom stereocenters. The number of nitrogens with one attached hydrogen (secondary N) is 2. The second-order valence-electron chi connectivity index (χ2n) is 6.94. The molecule has 0 fully saturated rings. The van der Waals surface area contributed by atoms with Gasteiger partial charge >= 0.3 is 0 Å². The third-order valence-electron chi connectivity index (χ3n) is 4.21. The van der Waals surface area contributed by atoms with Gasteiger partial charge in [-0.2, -0.15) is 0 Å². The summed E-state index contributed by atoms with van der Waals surface area (Å²) < 4.78 is 0. The molecule has 0 saturated carbocycles. The fourth-order valence-corrected chi connectivity index (χ4v) is 2.57. The Morgan fingerprint density at radius 1 is 1.08 bits per heavy atom. The number of nitrogens with zero attached hydrogens (tertiary/aromatic N) is 2. The van der Waals surface area contributed by atoms with Crippen LogP contribution in [0.3, 0.4) is 0 Å². The highest BCUT2D eigenvalue weighted by molar-refractivity contribution is 5.79. The molecule has 0 unspecified atom stereocenters. The molecule has 0 spiro atoms. The third-order valence-corrected chi connectivity index (χ3v) is 4.21. The minimum atomic E-state index is -0.00294. The highest BCUT2D eigenvalue weighted by Crippen LogP contribution is 2.23. The Kier molecular flexibility index (Phi) is 6.99. The van der Waals surface area contributed by atoms with Crippen LogP contribution >= 0.6 is 0 Å². The van der Waals surface area contributed by atoms with E-state index in [-0.39, 0.29) is 5.41 Å². The summed E-state index contributed by atoms with van der Waals surface area (Å²) in [5.41, 5.74) is 3.68. The van der Waals surface area contributed by atoms with Crippen LogP contribution < -0.4 is 10.6 Å². The van der Waals surface area contributed by atoms with Gasteiger partial charge in [-0.3, -0.25) is 9.98 Å². The van der Waals surface area contributed by atoms with Crippen LogP contribution in [0.2, 0.25) is 0 Å². The van der Waals surface area contributed by atoms with E-state index in [2.05, 4.69) is 67.6 Å². The minimum absolute atomic E-state index is 0.00294. The third kappa shape index (κ3) is 6.22. The highest BCUT2D eigenvalue weighted by Gasteiger charge is 2.20. The lowest BCUT2D eigenvalue weighted by Gasteiger charge is -2.24. The number of aliphatic imine (C=N–C) groups is 1. The van der Waals surface area contributed by atoms with E-state index in [1.54, 1.807) is 0 Å². The number of rotatable bonds is 7. The van der Waals surface area contributed by atoms with Crippen molar-refractivity contribution in [3.05, 3.63) is 65.5 Å². The Labute approximate surface area is 151 Å². The average Bonchev–Trinajstić information content (AvgIpc) is 2.61. The number of guanidine groups is 1. The van der Waals surface area contributed by atoms with Crippen LogP contribution in [-0.4, -0.2) is 30.6 Å². The van der Waals surface area contributed by atoms with Gasteiger partial charge in [-0.15, -0.1) is 0 Å². The van der Waals surface area contributed by atoms with Crippen LogP contribution in [-0.2, 0) is 11.8 Å². The molecule has 2 N–H and O–H groups in total. The molecular weight excluding hydrogens is 308 g/mol. The van der Waals surface area contributed by atoms with Gasteiger partial charge in [-0.25, -0.2) is 0 Å². The summed E-state index contributed by atoms with van der Waals surface area (Å²) in [6.07, 6.45) is 2.71. The van der Waals surface area contributed by atoms with Gasteiger partial charge in [-0.1, -0.05) is 49.7 Å². The molecule has 0 aliphatic heterocycles.